The molecule has 126 valence electrons. The van der Waals surface area contributed by atoms with E-state index >= 15 is 0 Å². The van der Waals surface area contributed by atoms with Crippen LogP contribution in [0, 0.1) is 11.7 Å². The van der Waals surface area contributed by atoms with Crippen molar-refractivity contribution in [3.8, 4) is 0 Å². The van der Waals surface area contributed by atoms with Crippen molar-refractivity contribution in [1.82, 2.24) is 4.90 Å². The van der Waals surface area contributed by atoms with Crippen LogP contribution in [0.25, 0.3) is 0 Å². The minimum Gasteiger partial charge on any atom is -0.480 e. The fraction of sp³-hybridized carbons (Fsp3) is 0.500. The molecule has 7 heteroatoms. The maximum Gasteiger partial charge on any atom is 0.323 e. The fourth-order valence-corrected chi connectivity index (χ4v) is 2.91. The van der Waals surface area contributed by atoms with Gasteiger partial charge in [-0.3, -0.25) is 9.59 Å². The fourth-order valence-electron chi connectivity index (χ4n) is 2.80. The molecule has 0 spiro atoms. The summed E-state index contributed by atoms with van der Waals surface area (Å²) in [6.07, 6.45) is 0.558. The normalized spacial score (nSPS) is 20.5. The summed E-state index contributed by atoms with van der Waals surface area (Å²) >= 11 is 5.68. The second-order valence-electron chi connectivity index (χ2n) is 5.51. The Bertz CT molecular complexity index is 595. The molecular weight excluding hydrogens is 325 g/mol. The number of halogens is 2. The summed E-state index contributed by atoms with van der Waals surface area (Å²) in [6, 6.07) is 4.32. The number of aliphatic carboxylic acids is 1. The first-order chi connectivity index (χ1) is 10.9. The van der Waals surface area contributed by atoms with Crippen molar-refractivity contribution in [2.75, 3.05) is 19.7 Å². The molecule has 0 aromatic heterocycles. The molecule has 0 radical (unpaired) electrons. The van der Waals surface area contributed by atoms with Gasteiger partial charge in [-0.05, 0) is 30.5 Å². The Morgan fingerprint density at radius 1 is 1.48 bits per heavy atom. The molecular formula is C16H19ClFNO4. The van der Waals surface area contributed by atoms with Crippen molar-refractivity contribution in [2.45, 2.75) is 25.9 Å². The third kappa shape index (κ3) is 4.20. The molecule has 1 aromatic carbocycles. The quantitative estimate of drug-likeness (QED) is 0.862. The zero-order chi connectivity index (χ0) is 17.0. The molecule has 1 aliphatic rings. The maximum atomic E-state index is 13.7. The van der Waals surface area contributed by atoms with Gasteiger partial charge in [-0.15, -0.1) is 0 Å². The first-order valence-corrected chi connectivity index (χ1v) is 7.89. The van der Waals surface area contributed by atoms with Gasteiger partial charge in [0.25, 0.3) is 0 Å². The van der Waals surface area contributed by atoms with E-state index in [4.69, 9.17) is 21.4 Å². The molecule has 1 N–H and O–H groups in total. The predicted molar refractivity (Wildman–Crippen MR) is 82.7 cm³/mol. The van der Waals surface area contributed by atoms with E-state index in [-0.39, 0.29) is 17.5 Å². The number of rotatable bonds is 6. The number of benzene rings is 1. The van der Waals surface area contributed by atoms with Crippen LogP contribution in [0.2, 0.25) is 5.02 Å². The van der Waals surface area contributed by atoms with Gasteiger partial charge in [-0.2, -0.15) is 0 Å². The molecule has 0 saturated carbocycles. The number of carboxylic acids is 1. The first-order valence-electron chi connectivity index (χ1n) is 7.51. The Morgan fingerprint density at radius 3 is 2.83 bits per heavy atom. The predicted octanol–water partition coefficient (Wildman–Crippen LogP) is 2.88. The molecule has 0 bridgehead atoms. The lowest BCUT2D eigenvalue weighted by atomic mass is 9.93. The van der Waals surface area contributed by atoms with Crippen LogP contribution in [0.5, 0.6) is 0 Å². The molecule has 1 aliphatic heterocycles. The van der Waals surface area contributed by atoms with Crippen molar-refractivity contribution >= 4 is 23.5 Å². The van der Waals surface area contributed by atoms with Gasteiger partial charge in [0.2, 0.25) is 5.91 Å². The van der Waals surface area contributed by atoms with E-state index < -0.39 is 23.8 Å². The first kappa shape index (κ1) is 17.7. The highest BCUT2D eigenvalue weighted by molar-refractivity contribution is 6.30. The largest absolute Gasteiger partial charge is 0.480 e. The SMILES string of the molecule is CCCN(CC(=O)O)C(=O)[C@@H]1CCO[C@H]1c1ccc(Cl)c(F)c1. The second kappa shape index (κ2) is 7.75. The smallest absolute Gasteiger partial charge is 0.323 e. The van der Waals surface area contributed by atoms with Crippen LogP contribution in [0.4, 0.5) is 4.39 Å². The highest BCUT2D eigenvalue weighted by atomic mass is 35.5. The third-order valence-corrected chi connectivity index (χ3v) is 4.12. The second-order valence-corrected chi connectivity index (χ2v) is 5.92. The van der Waals surface area contributed by atoms with Crippen molar-refractivity contribution in [3.63, 3.8) is 0 Å². The lowest BCUT2D eigenvalue weighted by Crippen LogP contribution is -2.41. The van der Waals surface area contributed by atoms with Gasteiger partial charge in [0.05, 0.1) is 17.0 Å². The Morgan fingerprint density at radius 2 is 2.22 bits per heavy atom. The number of carboxylic acid groups (broad SMARTS) is 1. The number of amides is 1. The van der Waals surface area contributed by atoms with Gasteiger partial charge in [0, 0.05) is 13.2 Å². The summed E-state index contributed by atoms with van der Waals surface area (Å²) in [5.41, 5.74) is 0.537. The molecule has 2 atom stereocenters. The van der Waals surface area contributed by atoms with Gasteiger partial charge in [0.15, 0.2) is 0 Å². The standard InChI is InChI=1S/C16H19ClFNO4/c1-2-6-19(9-14(20)21)16(22)11-5-7-23-15(11)10-3-4-12(17)13(18)8-10/h3-4,8,11,15H,2,5-7,9H2,1H3,(H,20,21)/t11-,15+/m1/s1. The Hall–Kier alpha value is -1.66. The van der Waals surface area contributed by atoms with Crippen molar-refractivity contribution < 1.29 is 23.8 Å². The molecule has 23 heavy (non-hydrogen) atoms. The van der Waals surface area contributed by atoms with Crippen LogP contribution in [0.3, 0.4) is 0 Å². The van der Waals surface area contributed by atoms with Crippen LogP contribution < -0.4 is 0 Å². The summed E-state index contributed by atoms with van der Waals surface area (Å²) in [7, 11) is 0. The monoisotopic (exact) mass is 343 g/mol. The van der Waals surface area contributed by atoms with Gasteiger partial charge in [-0.1, -0.05) is 24.6 Å². The highest BCUT2D eigenvalue weighted by Gasteiger charge is 2.38. The number of ether oxygens (including phenoxy) is 1. The average Bonchev–Trinajstić information content (AvgIpc) is 2.98. The zero-order valence-electron chi connectivity index (χ0n) is 12.8. The average molecular weight is 344 g/mol. The summed E-state index contributed by atoms with van der Waals surface area (Å²) in [5.74, 6) is -2.41. The lowest BCUT2D eigenvalue weighted by Gasteiger charge is -2.26. The van der Waals surface area contributed by atoms with E-state index in [0.29, 0.717) is 31.6 Å². The third-order valence-electron chi connectivity index (χ3n) is 3.81. The zero-order valence-corrected chi connectivity index (χ0v) is 13.6. The molecule has 1 fully saturated rings. The summed E-state index contributed by atoms with van der Waals surface area (Å²) < 4.78 is 19.2. The highest BCUT2D eigenvalue weighted by Crippen LogP contribution is 2.36. The molecule has 1 aromatic rings. The number of nitrogens with zero attached hydrogens (tertiary/aromatic N) is 1. The van der Waals surface area contributed by atoms with E-state index in [1.54, 1.807) is 6.07 Å². The van der Waals surface area contributed by atoms with Crippen LogP contribution in [-0.4, -0.2) is 41.6 Å². The van der Waals surface area contributed by atoms with Crippen LogP contribution >= 0.6 is 11.6 Å². The van der Waals surface area contributed by atoms with Crippen LogP contribution in [-0.2, 0) is 14.3 Å². The molecule has 2 rings (SSSR count). The topological polar surface area (TPSA) is 66.8 Å². The maximum absolute atomic E-state index is 13.7. The van der Waals surface area contributed by atoms with Crippen molar-refractivity contribution in [2.24, 2.45) is 5.92 Å². The van der Waals surface area contributed by atoms with E-state index in [2.05, 4.69) is 0 Å². The molecule has 0 aliphatic carbocycles. The molecule has 1 amide bonds. The lowest BCUT2D eigenvalue weighted by molar-refractivity contribution is -0.147. The van der Waals surface area contributed by atoms with E-state index in [1.165, 1.54) is 17.0 Å². The van der Waals surface area contributed by atoms with Crippen LogP contribution in [0.1, 0.15) is 31.4 Å². The summed E-state index contributed by atoms with van der Waals surface area (Å²) in [6.45, 7) is 2.27. The van der Waals surface area contributed by atoms with Crippen molar-refractivity contribution in [3.05, 3.63) is 34.6 Å². The molecule has 1 heterocycles. The van der Waals surface area contributed by atoms with Crippen LogP contribution in [0.15, 0.2) is 18.2 Å². The number of carbonyl (C=O) groups is 2. The summed E-state index contributed by atoms with van der Waals surface area (Å²) in [5, 5.41) is 8.97. The van der Waals surface area contributed by atoms with Gasteiger partial charge in [0.1, 0.15) is 12.4 Å². The van der Waals surface area contributed by atoms with Gasteiger partial charge >= 0.3 is 5.97 Å². The van der Waals surface area contributed by atoms with Crippen molar-refractivity contribution in [1.29, 1.82) is 0 Å². The van der Waals surface area contributed by atoms with E-state index in [9.17, 15) is 14.0 Å². The number of hydrogen-bond donors (Lipinski definition) is 1. The molecule has 0 unspecified atom stereocenters. The Balaban J connectivity index is 2.20. The minimum atomic E-state index is -1.06. The van der Waals surface area contributed by atoms with Gasteiger partial charge < -0.3 is 14.7 Å². The Kier molecular flexibility index (Phi) is 5.96. The summed E-state index contributed by atoms with van der Waals surface area (Å²) in [4.78, 5) is 24.9. The molecule has 1 saturated heterocycles. The Labute approximate surface area is 139 Å². The van der Waals surface area contributed by atoms with E-state index in [0.717, 1.165) is 0 Å². The van der Waals surface area contributed by atoms with Gasteiger partial charge in [-0.25, -0.2) is 4.39 Å². The minimum absolute atomic E-state index is 0.00751. The number of hydrogen-bond acceptors (Lipinski definition) is 3. The number of carbonyl (C=O) groups excluding carboxylic acids is 1. The van der Waals surface area contributed by atoms with E-state index in [1.807, 2.05) is 6.92 Å². The molecule has 5 nitrogen and oxygen atoms in total.